The number of hydrogen-bond donors (Lipinski definition) is 2. The van der Waals surface area contributed by atoms with Gasteiger partial charge in [0, 0.05) is 31.5 Å². The summed E-state index contributed by atoms with van der Waals surface area (Å²) in [7, 11) is 1.71. The summed E-state index contributed by atoms with van der Waals surface area (Å²) in [5.74, 6) is -1.31. The lowest BCUT2D eigenvalue weighted by molar-refractivity contribution is -0.131. The van der Waals surface area contributed by atoms with Crippen LogP contribution in [0.15, 0.2) is 24.4 Å². The van der Waals surface area contributed by atoms with Crippen LogP contribution in [0.25, 0.3) is 0 Å². The average molecular weight is 195 g/mol. The van der Waals surface area contributed by atoms with Crippen molar-refractivity contribution in [1.82, 2.24) is 9.78 Å². The predicted molar refractivity (Wildman–Crippen MR) is 48.6 cm³/mol. The third-order valence-electron chi connectivity index (χ3n) is 1.34. The topological polar surface area (TPSA) is 84.2 Å². The highest BCUT2D eigenvalue weighted by atomic mass is 16.4. The van der Waals surface area contributed by atoms with Crippen molar-refractivity contribution in [3.63, 3.8) is 0 Å². The van der Waals surface area contributed by atoms with E-state index < -0.39 is 11.9 Å². The van der Waals surface area contributed by atoms with E-state index in [0.717, 1.165) is 12.2 Å². The van der Waals surface area contributed by atoms with Crippen LogP contribution < -0.4 is 5.32 Å². The summed E-state index contributed by atoms with van der Waals surface area (Å²) in [4.78, 5) is 21.1. The zero-order valence-electron chi connectivity index (χ0n) is 7.47. The number of anilines is 1. The Morgan fingerprint density at radius 1 is 1.57 bits per heavy atom. The number of amides is 1. The van der Waals surface area contributed by atoms with Gasteiger partial charge in [0.25, 0.3) is 0 Å². The van der Waals surface area contributed by atoms with Gasteiger partial charge >= 0.3 is 5.97 Å². The van der Waals surface area contributed by atoms with Gasteiger partial charge in [-0.15, -0.1) is 0 Å². The lowest BCUT2D eigenvalue weighted by Crippen LogP contribution is -2.09. The Morgan fingerprint density at radius 3 is 2.79 bits per heavy atom. The van der Waals surface area contributed by atoms with Crippen molar-refractivity contribution in [2.45, 2.75) is 0 Å². The van der Waals surface area contributed by atoms with Crippen LogP contribution in [0, 0.1) is 0 Å². The second-order valence-electron chi connectivity index (χ2n) is 2.54. The third kappa shape index (κ3) is 3.10. The van der Waals surface area contributed by atoms with Gasteiger partial charge in [-0.3, -0.25) is 9.48 Å². The molecule has 2 N–H and O–H groups in total. The molecule has 1 rings (SSSR count). The van der Waals surface area contributed by atoms with Crippen molar-refractivity contribution in [1.29, 1.82) is 0 Å². The Labute approximate surface area is 79.8 Å². The first-order chi connectivity index (χ1) is 6.58. The summed E-state index contributed by atoms with van der Waals surface area (Å²) in [6, 6.07) is 1.60. The van der Waals surface area contributed by atoms with E-state index in [0.29, 0.717) is 5.82 Å². The standard InChI is InChI=1S/C8H9N3O3/c1-11-5-4-6(10-11)9-7(12)2-3-8(13)14/h2-5H,1H3,(H,13,14)(H,9,10,12). The first-order valence-electron chi connectivity index (χ1n) is 3.79. The third-order valence-corrected chi connectivity index (χ3v) is 1.34. The van der Waals surface area contributed by atoms with Crippen molar-refractivity contribution < 1.29 is 14.7 Å². The Bertz CT molecular complexity index is 381. The normalized spacial score (nSPS) is 10.4. The van der Waals surface area contributed by atoms with Crippen molar-refractivity contribution >= 4 is 17.7 Å². The number of carboxylic acids is 1. The highest BCUT2D eigenvalue weighted by Crippen LogP contribution is 2.00. The summed E-state index contributed by atoms with van der Waals surface area (Å²) < 4.78 is 1.52. The lowest BCUT2D eigenvalue weighted by Gasteiger charge is -1.94. The second-order valence-corrected chi connectivity index (χ2v) is 2.54. The van der Waals surface area contributed by atoms with E-state index in [4.69, 9.17) is 5.11 Å². The minimum Gasteiger partial charge on any atom is -0.478 e. The molecule has 0 spiro atoms. The molecule has 0 unspecified atom stereocenters. The molecule has 1 aromatic rings. The quantitative estimate of drug-likeness (QED) is 0.665. The first kappa shape index (κ1) is 9.97. The Hall–Kier alpha value is -2.11. The van der Waals surface area contributed by atoms with E-state index in [-0.39, 0.29) is 0 Å². The van der Waals surface area contributed by atoms with Crippen LogP contribution in [0.5, 0.6) is 0 Å². The number of carbonyl (C=O) groups excluding carboxylic acids is 1. The molecular weight excluding hydrogens is 186 g/mol. The maximum atomic E-state index is 11.0. The van der Waals surface area contributed by atoms with Crippen LogP contribution in [0.3, 0.4) is 0 Å². The molecule has 0 atom stereocenters. The molecule has 74 valence electrons. The van der Waals surface area contributed by atoms with Crippen LogP contribution >= 0.6 is 0 Å². The molecule has 0 fully saturated rings. The van der Waals surface area contributed by atoms with E-state index in [2.05, 4.69) is 10.4 Å². The zero-order chi connectivity index (χ0) is 10.6. The van der Waals surface area contributed by atoms with E-state index in [1.807, 2.05) is 0 Å². The SMILES string of the molecule is Cn1ccc(NC(=O)C=CC(=O)O)n1. The molecule has 0 saturated heterocycles. The van der Waals surface area contributed by atoms with Crippen molar-refractivity contribution in [3.05, 3.63) is 24.4 Å². The Kier molecular flexibility index (Phi) is 3.01. The number of hydrogen-bond acceptors (Lipinski definition) is 3. The van der Waals surface area contributed by atoms with Gasteiger partial charge in [0.1, 0.15) is 0 Å². The summed E-state index contributed by atoms with van der Waals surface area (Å²) in [6.07, 6.45) is 3.35. The van der Waals surface area contributed by atoms with Crippen LogP contribution in [-0.4, -0.2) is 26.8 Å². The largest absolute Gasteiger partial charge is 0.478 e. The number of nitrogens with zero attached hydrogens (tertiary/aromatic N) is 2. The highest BCUT2D eigenvalue weighted by Gasteiger charge is 2.00. The second kappa shape index (κ2) is 4.22. The molecule has 0 aliphatic carbocycles. The Morgan fingerprint density at radius 2 is 2.29 bits per heavy atom. The molecule has 14 heavy (non-hydrogen) atoms. The molecule has 0 radical (unpaired) electrons. The van der Waals surface area contributed by atoms with Gasteiger partial charge in [-0.25, -0.2) is 4.79 Å². The molecule has 0 aromatic carbocycles. The van der Waals surface area contributed by atoms with Crippen molar-refractivity contribution in [2.75, 3.05) is 5.32 Å². The number of rotatable bonds is 3. The van der Waals surface area contributed by atoms with Gasteiger partial charge in [0.15, 0.2) is 5.82 Å². The molecule has 1 aromatic heterocycles. The van der Waals surface area contributed by atoms with Crippen LogP contribution in [0.2, 0.25) is 0 Å². The average Bonchev–Trinajstić information content (AvgIpc) is 2.48. The van der Waals surface area contributed by atoms with E-state index >= 15 is 0 Å². The lowest BCUT2D eigenvalue weighted by atomic mass is 10.4. The number of nitrogens with one attached hydrogen (secondary N) is 1. The van der Waals surface area contributed by atoms with Gasteiger partial charge < -0.3 is 10.4 Å². The van der Waals surface area contributed by atoms with Gasteiger partial charge in [0.2, 0.25) is 5.91 Å². The highest BCUT2D eigenvalue weighted by molar-refractivity contribution is 6.01. The fourth-order valence-corrected chi connectivity index (χ4v) is 0.797. The van der Waals surface area contributed by atoms with Crippen LogP contribution in [0.4, 0.5) is 5.82 Å². The predicted octanol–water partition coefficient (Wildman–Crippen LogP) is -0.000600. The number of aryl methyl sites for hydroxylation is 1. The van der Waals surface area contributed by atoms with Gasteiger partial charge in [0.05, 0.1) is 0 Å². The molecule has 0 aliphatic heterocycles. The van der Waals surface area contributed by atoms with Crippen molar-refractivity contribution in [3.8, 4) is 0 Å². The first-order valence-corrected chi connectivity index (χ1v) is 3.79. The molecule has 0 aliphatic rings. The molecule has 1 amide bonds. The maximum Gasteiger partial charge on any atom is 0.328 e. The fraction of sp³-hybridized carbons (Fsp3) is 0.125. The zero-order valence-corrected chi connectivity index (χ0v) is 7.47. The van der Waals surface area contributed by atoms with Crippen molar-refractivity contribution in [2.24, 2.45) is 7.05 Å². The summed E-state index contributed by atoms with van der Waals surface area (Å²) in [5, 5.41) is 14.5. The van der Waals surface area contributed by atoms with Crippen LogP contribution in [-0.2, 0) is 16.6 Å². The number of aromatic nitrogens is 2. The van der Waals surface area contributed by atoms with E-state index in [1.54, 1.807) is 19.3 Å². The summed E-state index contributed by atoms with van der Waals surface area (Å²) in [5.41, 5.74) is 0. The summed E-state index contributed by atoms with van der Waals surface area (Å²) in [6.45, 7) is 0. The molecular formula is C8H9N3O3. The number of aliphatic carboxylic acids is 1. The van der Waals surface area contributed by atoms with Crippen LogP contribution in [0.1, 0.15) is 0 Å². The maximum absolute atomic E-state index is 11.0. The van der Waals surface area contributed by atoms with E-state index in [1.165, 1.54) is 4.68 Å². The molecule has 6 heteroatoms. The molecule has 0 bridgehead atoms. The minimum atomic E-state index is -1.17. The smallest absolute Gasteiger partial charge is 0.328 e. The minimum absolute atomic E-state index is 0.382. The van der Waals surface area contributed by atoms with Gasteiger partial charge in [-0.2, -0.15) is 5.10 Å². The monoisotopic (exact) mass is 195 g/mol. The van der Waals surface area contributed by atoms with Gasteiger partial charge in [-0.05, 0) is 0 Å². The number of carboxylic acid groups (broad SMARTS) is 1. The van der Waals surface area contributed by atoms with E-state index in [9.17, 15) is 9.59 Å². The van der Waals surface area contributed by atoms with Gasteiger partial charge in [-0.1, -0.05) is 0 Å². The molecule has 6 nitrogen and oxygen atoms in total. The molecule has 0 saturated carbocycles. The fourth-order valence-electron chi connectivity index (χ4n) is 0.797. The summed E-state index contributed by atoms with van der Waals surface area (Å²) >= 11 is 0. The molecule has 1 heterocycles. The number of carbonyl (C=O) groups is 2. The Balaban J connectivity index is 2.53.